The number of anilines is 2. The van der Waals surface area contributed by atoms with E-state index in [-0.39, 0.29) is 16.5 Å². The SMILES string of the molecule is CCCCCC1=C(c2cc(CCCCC)cc(CCCCC)c2)[N+](=[N-])C(c2cc(N(CC)CC)cc(N(CC)CC)c2)=C1CC.[CH2-]C.[CH2-]C.[Ni+2]. The van der Waals surface area contributed by atoms with Crippen molar-refractivity contribution in [1.82, 2.24) is 0 Å². The number of unbranched alkanes of at least 4 members (excludes halogenated alkanes) is 6. The van der Waals surface area contributed by atoms with Crippen LogP contribution in [0.4, 0.5) is 11.4 Å². The van der Waals surface area contributed by atoms with Crippen molar-refractivity contribution < 1.29 is 21.2 Å². The molecule has 1 aliphatic rings. The van der Waals surface area contributed by atoms with Gasteiger partial charge in [-0.25, -0.2) is 4.70 Å². The summed E-state index contributed by atoms with van der Waals surface area (Å²) in [5.74, 6) is 0. The Hall–Kier alpha value is -2.39. The normalized spacial score (nSPS) is 12.3. The zero-order valence-electron chi connectivity index (χ0n) is 34.0. The molecule has 5 heteroatoms. The Bertz CT molecular complexity index is 1240. The molecule has 0 saturated heterocycles. The summed E-state index contributed by atoms with van der Waals surface area (Å²) in [6.45, 7) is 31.9. The molecule has 0 radical (unpaired) electrons. The number of rotatable bonds is 21. The predicted octanol–water partition coefficient (Wildman–Crippen LogP) is 13.7. The molecule has 0 N–H and O–H groups in total. The summed E-state index contributed by atoms with van der Waals surface area (Å²) in [4.78, 5) is 4.86. The molecular weight excluding hydrogens is 655 g/mol. The number of aryl methyl sites for hydroxylation is 2. The second kappa shape index (κ2) is 27.3. The molecule has 2 aromatic rings. The molecule has 0 aromatic heterocycles. The quantitative estimate of drug-likeness (QED) is 0.0555. The molecule has 0 aliphatic carbocycles. The van der Waals surface area contributed by atoms with E-state index in [4.69, 9.17) is 0 Å². The van der Waals surface area contributed by atoms with Crippen LogP contribution in [-0.2, 0) is 29.3 Å². The van der Waals surface area contributed by atoms with E-state index in [1.165, 1.54) is 90.6 Å². The van der Waals surface area contributed by atoms with E-state index in [1.54, 1.807) is 18.5 Å². The van der Waals surface area contributed by atoms with Gasteiger partial charge in [0.25, 0.3) is 0 Å². The molecule has 0 bridgehead atoms. The second-order valence-electron chi connectivity index (χ2n) is 12.8. The van der Waals surface area contributed by atoms with Crippen LogP contribution >= 0.6 is 0 Å². The van der Waals surface area contributed by atoms with E-state index in [2.05, 4.69) is 115 Å². The Morgan fingerprint density at radius 2 is 0.880 bits per heavy atom. The number of nitrogens with zero attached hydrogens (tertiary/aromatic N) is 4. The fourth-order valence-electron chi connectivity index (χ4n) is 7.07. The van der Waals surface area contributed by atoms with Crippen molar-refractivity contribution in [1.29, 1.82) is 0 Å². The van der Waals surface area contributed by atoms with Crippen molar-refractivity contribution in [3.8, 4) is 0 Å². The van der Waals surface area contributed by atoms with E-state index in [0.29, 0.717) is 0 Å². The molecule has 284 valence electrons. The first-order valence-corrected chi connectivity index (χ1v) is 20.1. The summed E-state index contributed by atoms with van der Waals surface area (Å²) in [6.07, 6.45) is 15.1. The van der Waals surface area contributed by atoms with Gasteiger partial charge in [0.2, 0.25) is 11.4 Å². The number of hydrogen-bond donors (Lipinski definition) is 0. The molecular formula is C45H74N4Ni. The molecule has 1 aliphatic heterocycles. The summed E-state index contributed by atoms with van der Waals surface area (Å²) < 4.78 is 1.59. The zero-order chi connectivity index (χ0) is 36.8. The van der Waals surface area contributed by atoms with Crippen LogP contribution in [0.15, 0.2) is 47.5 Å². The molecule has 0 fully saturated rings. The first kappa shape index (κ1) is 47.6. The van der Waals surface area contributed by atoms with Crippen molar-refractivity contribution in [3.05, 3.63) is 89.2 Å². The van der Waals surface area contributed by atoms with Gasteiger partial charge in [0.05, 0.1) is 5.56 Å². The largest absolute Gasteiger partial charge is 2.00 e. The minimum Gasteiger partial charge on any atom is -0.493 e. The summed E-state index contributed by atoms with van der Waals surface area (Å²) in [6, 6.07) is 14.2. The average Bonchev–Trinajstić information content (AvgIpc) is 3.42. The molecule has 0 spiro atoms. The Kier molecular flexibility index (Phi) is 26.0. The van der Waals surface area contributed by atoms with Gasteiger partial charge in [-0.15, -0.1) is 0 Å². The fourth-order valence-corrected chi connectivity index (χ4v) is 7.07. The summed E-state index contributed by atoms with van der Waals surface area (Å²) in [5.41, 5.74) is 24.6. The van der Waals surface area contributed by atoms with E-state index in [0.717, 1.165) is 75.2 Å². The van der Waals surface area contributed by atoms with Gasteiger partial charge in [0, 0.05) is 54.3 Å². The summed E-state index contributed by atoms with van der Waals surface area (Å²) >= 11 is 0. The monoisotopic (exact) mass is 729 g/mol. The van der Waals surface area contributed by atoms with Gasteiger partial charge in [0.15, 0.2) is 0 Å². The van der Waals surface area contributed by atoms with Gasteiger partial charge >= 0.3 is 16.5 Å². The van der Waals surface area contributed by atoms with Crippen molar-refractivity contribution in [2.45, 2.75) is 153 Å². The van der Waals surface area contributed by atoms with E-state index < -0.39 is 0 Å². The van der Waals surface area contributed by atoms with Crippen LogP contribution < -0.4 is 9.80 Å². The van der Waals surface area contributed by atoms with Gasteiger partial charge in [-0.1, -0.05) is 72.3 Å². The summed E-state index contributed by atoms with van der Waals surface area (Å²) in [7, 11) is 0. The third-order valence-corrected chi connectivity index (χ3v) is 9.64. The first-order chi connectivity index (χ1) is 23.9. The third kappa shape index (κ3) is 13.3. The molecule has 4 nitrogen and oxygen atoms in total. The Morgan fingerprint density at radius 1 is 0.500 bits per heavy atom. The Morgan fingerprint density at radius 3 is 1.26 bits per heavy atom. The van der Waals surface area contributed by atoms with Crippen LogP contribution in [0, 0.1) is 13.8 Å². The number of benzene rings is 2. The Balaban J connectivity index is 0.00000463. The molecule has 50 heavy (non-hydrogen) atoms. The number of hydrogen-bond acceptors (Lipinski definition) is 2. The maximum Gasteiger partial charge on any atom is 2.00 e. The molecule has 2 aromatic carbocycles. The van der Waals surface area contributed by atoms with Gasteiger partial charge in [-0.05, 0) is 114 Å². The van der Waals surface area contributed by atoms with E-state index in [9.17, 15) is 5.53 Å². The molecule has 0 unspecified atom stereocenters. The topological polar surface area (TPSA) is 31.8 Å². The molecule has 1 heterocycles. The summed E-state index contributed by atoms with van der Waals surface area (Å²) in [5, 5.41) is 0. The number of allylic oxidation sites excluding steroid dienone is 2. The maximum absolute atomic E-state index is 12.4. The van der Waals surface area contributed by atoms with Gasteiger partial charge in [-0.2, -0.15) is 13.8 Å². The van der Waals surface area contributed by atoms with Crippen LogP contribution in [0.2, 0.25) is 0 Å². The van der Waals surface area contributed by atoms with E-state index in [1.807, 2.05) is 0 Å². The van der Waals surface area contributed by atoms with Crippen molar-refractivity contribution in [3.63, 3.8) is 0 Å². The van der Waals surface area contributed by atoms with Crippen molar-refractivity contribution >= 4 is 22.8 Å². The van der Waals surface area contributed by atoms with Gasteiger partial charge < -0.3 is 29.2 Å². The molecule has 0 atom stereocenters. The smallest absolute Gasteiger partial charge is 0.493 e. The van der Waals surface area contributed by atoms with Crippen LogP contribution in [0.25, 0.3) is 16.9 Å². The van der Waals surface area contributed by atoms with Crippen LogP contribution in [0.1, 0.15) is 162 Å². The van der Waals surface area contributed by atoms with Gasteiger partial charge in [-0.3, -0.25) is 0 Å². The first-order valence-electron chi connectivity index (χ1n) is 20.1. The van der Waals surface area contributed by atoms with Crippen molar-refractivity contribution in [2.75, 3.05) is 36.0 Å². The standard InChI is InChI=1S/C41H64N4.2C2H5.Ni/c1-9-17-20-23-32-26-33(24-21-18-10-2)28-34(27-32)41-39(25-22-19-11-3)38(12-4)40(45(41)42)35-29-36(43(13-5)14-6)31-37(30-35)44(15-7)16-8;2*1-2;/h26-31H,9-25H2,1-8H3;2*1H2,2H3;/q;2*-1;+2. The second-order valence-corrected chi connectivity index (χ2v) is 12.8. The maximum atomic E-state index is 12.4. The van der Waals surface area contributed by atoms with Crippen LogP contribution in [0.5, 0.6) is 0 Å². The minimum absolute atomic E-state index is 0. The van der Waals surface area contributed by atoms with Crippen LogP contribution in [-0.4, -0.2) is 30.9 Å². The van der Waals surface area contributed by atoms with E-state index >= 15 is 0 Å². The zero-order valence-corrected chi connectivity index (χ0v) is 35.0. The molecule has 3 rings (SSSR count). The fraction of sp³-hybridized carbons (Fsp3) is 0.600. The van der Waals surface area contributed by atoms with Crippen molar-refractivity contribution in [2.24, 2.45) is 0 Å². The molecule has 0 saturated carbocycles. The molecule has 0 amide bonds. The average molecular weight is 730 g/mol. The van der Waals surface area contributed by atoms with Crippen LogP contribution in [0.3, 0.4) is 0 Å². The third-order valence-electron chi connectivity index (χ3n) is 9.64. The Labute approximate surface area is 320 Å². The van der Waals surface area contributed by atoms with Gasteiger partial charge in [0.1, 0.15) is 0 Å². The predicted molar refractivity (Wildman–Crippen MR) is 220 cm³/mol. The minimum atomic E-state index is 0.